The molecule has 1 aromatic heterocycles. The fourth-order valence-electron chi connectivity index (χ4n) is 4.37. The highest BCUT2D eigenvalue weighted by molar-refractivity contribution is 7.18. The number of thiazole rings is 1. The molecule has 1 heterocycles. The number of carbonyl (C=O) groups is 4. The molecule has 0 saturated heterocycles. The van der Waals surface area contributed by atoms with E-state index in [2.05, 4.69) is 53.0 Å². The van der Waals surface area contributed by atoms with E-state index in [1.807, 2.05) is 27.7 Å². The highest BCUT2D eigenvalue weighted by Gasteiger charge is 2.25. The SMILES string of the molecule is CC(C)CC(NC(=O)CCCCCN)C(N)=O.CCC(C)C(NC(=O)CCc1nc2ccc(C(C)C)cc2s1)C(=O)NC. The number of carbonyl (C=O) groups excluding carboxylic acids is 4. The maximum atomic E-state index is 12.3. The summed E-state index contributed by atoms with van der Waals surface area (Å²) < 4.78 is 1.16. The molecular formula is C32H54N6O4S. The number of nitrogens with zero attached hydrogens (tertiary/aromatic N) is 1. The number of primary amides is 1. The fraction of sp³-hybridized carbons (Fsp3) is 0.656. The maximum absolute atomic E-state index is 12.3. The molecule has 242 valence electrons. The standard InChI is InChI=1S/C20H29N3O2S.C12H25N3O2/c1-6-13(4)19(20(25)21-5)23-17(24)9-10-18-22-15-8-7-14(12(2)3)11-16(15)26-18;1-9(2)8-10(12(14)17)15-11(16)6-4-3-5-7-13/h7-8,11-13,19H,6,9-10H2,1-5H3,(H,21,25)(H,23,24);9-10H,3-8,13H2,1-2H3,(H2,14,17)(H,15,16). The summed E-state index contributed by atoms with van der Waals surface area (Å²) in [4.78, 5) is 51.6. The Morgan fingerprint density at radius 3 is 2.19 bits per heavy atom. The van der Waals surface area contributed by atoms with Crippen molar-refractivity contribution in [3.63, 3.8) is 0 Å². The Bertz CT molecular complexity index is 1170. The average Bonchev–Trinajstić information content (AvgIpc) is 3.38. The summed E-state index contributed by atoms with van der Waals surface area (Å²) in [6.07, 6.45) is 5.44. The number of nitrogens with two attached hydrogens (primary N) is 2. The van der Waals surface area contributed by atoms with E-state index >= 15 is 0 Å². The number of benzene rings is 1. The predicted octanol–water partition coefficient (Wildman–Crippen LogP) is 4.15. The summed E-state index contributed by atoms with van der Waals surface area (Å²) in [5, 5.41) is 9.13. The van der Waals surface area contributed by atoms with Crippen LogP contribution in [0.5, 0.6) is 0 Å². The lowest BCUT2D eigenvalue weighted by Gasteiger charge is -2.22. The molecule has 2 rings (SSSR count). The second-order valence-electron chi connectivity index (χ2n) is 11.8. The van der Waals surface area contributed by atoms with Crippen LogP contribution in [-0.2, 0) is 25.6 Å². The number of hydrogen-bond acceptors (Lipinski definition) is 7. The van der Waals surface area contributed by atoms with Gasteiger partial charge in [0.2, 0.25) is 23.6 Å². The van der Waals surface area contributed by atoms with Gasteiger partial charge in [-0.25, -0.2) is 4.98 Å². The Kier molecular flexibility index (Phi) is 17.7. The molecule has 0 spiro atoms. The van der Waals surface area contributed by atoms with Crippen molar-refractivity contribution in [3.05, 3.63) is 28.8 Å². The molecule has 0 aliphatic rings. The van der Waals surface area contributed by atoms with Crippen LogP contribution >= 0.6 is 11.3 Å². The van der Waals surface area contributed by atoms with Crippen LogP contribution in [0.2, 0.25) is 0 Å². The molecule has 0 aliphatic carbocycles. The summed E-state index contributed by atoms with van der Waals surface area (Å²) >= 11 is 1.64. The number of hydrogen-bond donors (Lipinski definition) is 5. The van der Waals surface area contributed by atoms with E-state index < -0.39 is 18.0 Å². The van der Waals surface area contributed by atoms with Crippen LogP contribution in [0, 0.1) is 11.8 Å². The van der Waals surface area contributed by atoms with Crippen molar-refractivity contribution < 1.29 is 19.2 Å². The van der Waals surface area contributed by atoms with Crippen molar-refractivity contribution in [3.8, 4) is 0 Å². The molecule has 43 heavy (non-hydrogen) atoms. The van der Waals surface area contributed by atoms with Crippen LogP contribution in [0.3, 0.4) is 0 Å². The van der Waals surface area contributed by atoms with Crippen molar-refractivity contribution in [2.45, 2.75) is 111 Å². The van der Waals surface area contributed by atoms with E-state index in [4.69, 9.17) is 11.5 Å². The highest BCUT2D eigenvalue weighted by atomic mass is 32.1. The number of aryl methyl sites for hydroxylation is 1. The number of nitrogens with one attached hydrogen (secondary N) is 3. The maximum Gasteiger partial charge on any atom is 0.242 e. The van der Waals surface area contributed by atoms with Gasteiger partial charge in [-0.15, -0.1) is 11.3 Å². The summed E-state index contributed by atoms with van der Waals surface area (Å²) in [7, 11) is 1.59. The first-order chi connectivity index (χ1) is 20.3. The molecular weight excluding hydrogens is 564 g/mol. The third kappa shape index (κ3) is 14.3. The zero-order valence-electron chi connectivity index (χ0n) is 27.1. The zero-order chi connectivity index (χ0) is 32.5. The highest BCUT2D eigenvalue weighted by Crippen LogP contribution is 2.27. The number of unbranched alkanes of at least 4 members (excludes halogenated alkanes) is 2. The quantitative estimate of drug-likeness (QED) is 0.167. The van der Waals surface area contributed by atoms with Gasteiger partial charge in [0.05, 0.1) is 15.2 Å². The second kappa shape index (κ2) is 20.0. The van der Waals surface area contributed by atoms with Gasteiger partial charge in [0, 0.05) is 26.3 Å². The van der Waals surface area contributed by atoms with Crippen molar-refractivity contribution in [2.75, 3.05) is 13.6 Å². The van der Waals surface area contributed by atoms with Crippen molar-refractivity contribution in [1.29, 1.82) is 0 Å². The molecule has 3 atom stereocenters. The summed E-state index contributed by atoms with van der Waals surface area (Å²) in [6, 6.07) is 5.32. The monoisotopic (exact) mass is 618 g/mol. The lowest BCUT2D eigenvalue weighted by Crippen LogP contribution is -2.49. The Hall–Kier alpha value is -3.05. The lowest BCUT2D eigenvalue weighted by molar-refractivity contribution is -0.129. The summed E-state index contributed by atoms with van der Waals surface area (Å²) in [5.41, 5.74) is 12.9. The van der Waals surface area contributed by atoms with Gasteiger partial charge in [-0.05, 0) is 61.3 Å². The minimum absolute atomic E-state index is 0.0933. The fourth-order valence-corrected chi connectivity index (χ4v) is 5.38. The molecule has 0 fully saturated rings. The van der Waals surface area contributed by atoms with Crippen LogP contribution in [0.15, 0.2) is 18.2 Å². The third-order valence-corrected chi connectivity index (χ3v) is 8.32. The third-order valence-electron chi connectivity index (χ3n) is 7.24. The van der Waals surface area contributed by atoms with E-state index in [-0.39, 0.29) is 23.6 Å². The molecule has 0 bridgehead atoms. The van der Waals surface area contributed by atoms with Crippen molar-refractivity contribution in [1.82, 2.24) is 20.9 Å². The second-order valence-corrected chi connectivity index (χ2v) is 12.9. The first-order valence-corrected chi connectivity index (χ1v) is 16.3. The van der Waals surface area contributed by atoms with Crippen LogP contribution in [0.25, 0.3) is 10.2 Å². The molecule has 11 heteroatoms. The summed E-state index contributed by atoms with van der Waals surface area (Å²) in [6.45, 7) is 13.0. The van der Waals surface area contributed by atoms with Gasteiger partial charge in [0.1, 0.15) is 12.1 Å². The molecule has 0 aliphatic heterocycles. The normalized spacial score (nSPS) is 13.2. The molecule has 10 nitrogen and oxygen atoms in total. The Labute approximate surface area is 261 Å². The van der Waals surface area contributed by atoms with Gasteiger partial charge in [-0.3, -0.25) is 19.2 Å². The van der Waals surface area contributed by atoms with Crippen LogP contribution in [0.1, 0.15) is 103 Å². The van der Waals surface area contributed by atoms with Crippen LogP contribution < -0.4 is 27.4 Å². The van der Waals surface area contributed by atoms with E-state index in [1.54, 1.807) is 18.4 Å². The van der Waals surface area contributed by atoms with E-state index in [1.165, 1.54) is 5.56 Å². The lowest BCUT2D eigenvalue weighted by atomic mass is 9.98. The minimum Gasteiger partial charge on any atom is -0.368 e. The smallest absolute Gasteiger partial charge is 0.242 e. The zero-order valence-corrected chi connectivity index (χ0v) is 27.9. The average molecular weight is 619 g/mol. The summed E-state index contributed by atoms with van der Waals surface area (Å²) in [5.74, 6) is 0.0779. The first kappa shape index (κ1) is 38.0. The van der Waals surface area contributed by atoms with Crippen molar-refractivity contribution >= 4 is 45.2 Å². The Balaban J connectivity index is 0.000000474. The minimum atomic E-state index is -0.544. The Morgan fingerprint density at radius 1 is 0.953 bits per heavy atom. The topological polar surface area (TPSA) is 169 Å². The number of amides is 4. The van der Waals surface area contributed by atoms with Gasteiger partial charge in [0.15, 0.2) is 0 Å². The van der Waals surface area contributed by atoms with Crippen molar-refractivity contribution in [2.24, 2.45) is 23.3 Å². The van der Waals surface area contributed by atoms with E-state index in [9.17, 15) is 19.2 Å². The van der Waals surface area contributed by atoms with E-state index in [0.29, 0.717) is 44.1 Å². The Morgan fingerprint density at radius 2 is 1.63 bits per heavy atom. The molecule has 0 saturated carbocycles. The van der Waals surface area contributed by atoms with Gasteiger partial charge in [-0.2, -0.15) is 0 Å². The van der Waals surface area contributed by atoms with Crippen LogP contribution in [0.4, 0.5) is 0 Å². The first-order valence-electron chi connectivity index (χ1n) is 15.5. The number of fused-ring (bicyclic) bond motifs is 1. The number of rotatable bonds is 17. The molecule has 4 amide bonds. The van der Waals surface area contributed by atoms with Gasteiger partial charge >= 0.3 is 0 Å². The predicted molar refractivity (Wildman–Crippen MR) is 176 cm³/mol. The van der Waals surface area contributed by atoms with Crippen LogP contribution in [-0.4, -0.2) is 54.3 Å². The molecule has 7 N–H and O–H groups in total. The largest absolute Gasteiger partial charge is 0.368 e. The van der Waals surface area contributed by atoms with Gasteiger partial charge in [-0.1, -0.05) is 60.5 Å². The number of aromatic nitrogens is 1. The molecule has 2 aromatic rings. The molecule has 1 aromatic carbocycles. The van der Waals surface area contributed by atoms with Gasteiger partial charge in [0.25, 0.3) is 0 Å². The molecule has 0 radical (unpaired) electrons. The molecule has 3 unspecified atom stereocenters. The van der Waals surface area contributed by atoms with E-state index in [0.717, 1.165) is 40.9 Å². The van der Waals surface area contributed by atoms with Gasteiger partial charge < -0.3 is 27.4 Å². The number of likely N-dealkylation sites (N-methyl/N-ethyl adjacent to an activating group) is 1.